The summed E-state index contributed by atoms with van der Waals surface area (Å²) in [6, 6.07) is 3.77. The van der Waals surface area contributed by atoms with Crippen molar-refractivity contribution in [1.29, 1.82) is 0 Å². The van der Waals surface area contributed by atoms with Gasteiger partial charge in [-0.1, -0.05) is 6.92 Å². The Kier molecular flexibility index (Phi) is 3.03. The number of fused-ring (bicyclic) bond motifs is 1. The highest BCUT2D eigenvalue weighted by molar-refractivity contribution is 7.10. The van der Waals surface area contributed by atoms with Crippen LogP contribution in [0.5, 0.6) is 0 Å². The number of nitrogens with one attached hydrogen (secondary N) is 1. The lowest BCUT2D eigenvalue weighted by molar-refractivity contribution is 0.362. The zero-order valence-electron chi connectivity index (χ0n) is 10.0. The molecule has 1 aromatic heterocycles. The Morgan fingerprint density at radius 1 is 1.44 bits per heavy atom. The molecule has 2 heteroatoms. The van der Waals surface area contributed by atoms with Gasteiger partial charge in [0.1, 0.15) is 0 Å². The Morgan fingerprint density at radius 3 is 3.06 bits per heavy atom. The fourth-order valence-corrected chi connectivity index (χ4v) is 3.99. The average Bonchev–Trinajstić information content (AvgIpc) is 3.03. The van der Waals surface area contributed by atoms with Gasteiger partial charge in [-0.05, 0) is 61.5 Å². The third-order valence-electron chi connectivity index (χ3n) is 4.10. The van der Waals surface area contributed by atoms with Gasteiger partial charge in [0, 0.05) is 17.0 Å². The average molecular weight is 235 g/mol. The maximum atomic E-state index is 3.92. The van der Waals surface area contributed by atoms with E-state index >= 15 is 0 Å². The van der Waals surface area contributed by atoms with Crippen LogP contribution in [-0.4, -0.2) is 6.04 Å². The van der Waals surface area contributed by atoms with Gasteiger partial charge >= 0.3 is 0 Å². The quantitative estimate of drug-likeness (QED) is 0.834. The van der Waals surface area contributed by atoms with E-state index in [1.165, 1.54) is 38.5 Å². The van der Waals surface area contributed by atoms with Gasteiger partial charge in [-0.25, -0.2) is 0 Å². The summed E-state index contributed by atoms with van der Waals surface area (Å²) in [5.74, 6) is 0.981. The van der Waals surface area contributed by atoms with Crippen molar-refractivity contribution < 1.29 is 0 Å². The van der Waals surface area contributed by atoms with Crippen molar-refractivity contribution in [2.45, 2.75) is 57.5 Å². The van der Waals surface area contributed by atoms with Crippen molar-refractivity contribution in [3.8, 4) is 0 Å². The van der Waals surface area contributed by atoms with Crippen LogP contribution in [0.3, 0.4) is 0 Å². The van der Waals surface area contributed by atoms with Crippen LogP contribution >= 0.6 is 11.3 Å². The highest BCUT2D eigenvalue weighted by Crippen LogP contribution is 2.38. The first-order valence-electron chi connectivity index (χ1n) is 6.70. The van der Waals surface area contributed by atoms with Crippen LogP contribution < -0.4 is 5.32 Å². The van der Waals surface area contributed by atoms with Crippen molar-refractivity contribution in [2.24, 2.45) is 5.92 Å². The van der Waals surface area contributed by atoms with E-state index in [4.69, 9.17) is 0 Å². The Balaban J connectivity index is 1.71. The molecule has 1 nitrogen and oxygen atoms in total. The van der Waals surface area contributed by atoms with Crippen molar-refractivity contribution >= 4 is 11.3 Å². The molecule has 0 aromatic carbocycles. The Hall–Kier alpha value is -0.340. The van der Waals surface area contributed by atoms with Gasteiger partial charge in [-0.3, -0.25) is 0 Å². The van der Waals surface area contributed by atoms with E-state index in [1.54, 1.807) is 10.4 Å². The maximum absolute atomic E-state index is 3.92. The van der Waals surface area contributed by atoms with Gasteiger partial charge in [0.15, 0.2) is 0 Å². The zero-order valence-corrected chi connectivity index (χ0v) is 10.9. The minimum atomic E-state index is 0.653. The molecule has 1 fully saturated rings. The largest absolute Gasteiger partial charge is 0.307 e. The summed E-state index contributed by atoms with van der Waals surface area (Å²) in [7, 11) is 0. The van der Waals surface area contributed by atoms with E-state index in [2.05, 4.69) is 23.7 Å². The SMILES string of the molecule is CCC(NC1CCCc2sccc21)C1CC1. The van der Waals surface area contributed by atoms with E-state index in [0.29, 0.717) is 6.04 Å². The van der Waals surface area contributed by atoms with Crippen molar-refractivity contribution in [1.82, 2.24) is 5.32 Å². The number of rotatable bonds is 4. The molecule has 0 radical (unpaired) electrons. The fraction of sp³-hybridized carbons (Fsp3) is 0.714. The molecule has 2 unspecified atom stereocenters. The number of thiophene rings is 1. The smallest absolute Gasteiger partial charge is 0.0333 e. The van der Waals surface area contributed by atoms with Gasteiger partial charge in [-0.15, -0.1) is 11.3 Å². The van der Waals surface area contributed by atoms with Gasteiger partial charge in [-0.2, -0.15) is 0 Å². The fourth-order valence-electron chi connectivity index (χ4n) is 3.00. The van der Waals surface area contributed by atoms with E-state index in [-0.39, 0.29) is 0 Å². The minimum Gasteiger partial charge on any atom is -0.307 e. The first kappa shape index (κ1) is 10.8. The van der Waals surface area contributed by atoms with Crippen LogP contribution in [0.2, 0.25) is 0 Å². The standard InChI is InChI=1S/C14H21NS/c1-2-12(10-6-7-10)15-13-4-3-5-14-11(13)8-9-16-14/h8-10,12-13,15H,2-7H2,1H3. The van der Waals surface area contributed by atoms with E-state index in [9.17, 15) is 0 Å². The topological polar surface area (TPSA) is 12.0 Å². The molecule has 0 amide bonds. The van der Waals surface area contributed by atoms with Crippen molar-refractivity contribution in [2.75, 3.05) is 0 Å². The lowest BCUT2D eigenvalue weighted by atomic mass is 9.92. The molecule has 0 spiro atoms. The molecular weight excluding hydrogens is 214 g/mol. The third-order valence-corrected chi connectivity index (χ3v) is 5.09. The van der Waals surface area contributed by atoms with E-state index in [1.807, 2.05) is 11.3 Å². The molecule has 0 saturated heterocycles. The second-order valence-corrected chi connectivity index (χ2v) is 6.26. The normalized spacial score (nSPS) is 26.4. The summed E-state index contributed by atoms with van der Waals surface area (Å²) < 4.78 is 0. The van der Waals surface area contributed by atoms with Crippen LogP contribution in [0.4, 0.5) is 0 Å². The molecule has 16 heavy (non-hydrogen) atoms. The summed E-state index contributed by atoms with van der Waals surface area (Å²) in [4.78, 5) is 1.63. The molecule has 1 saturated carbocycles. The third kappa shape index (κ3) is 2.05. The summed E-state index contributed by atoms with van der Waals surface area (Å²) in [6.07, 6.45) is 8.22. The predicted molar refractivity (Wildman–Crippen MR) is 69.9 cm³/mol. The molecule has 1 aromatic rings. The van der Waals surface area contributed by atoms with Crippen LogP contribution in [0.15, 0.2) is 11.4 Å². The maximum Gasteiger partial charge on any atom is 0.0333 e. The summed E-state index contributed by atoms with van der Waals surface area (Å²) >= 11 is 1.95. The summed E-state index contributed by atoms with van der Waals surface area (Å²) in [5.41, 5.74) is 1.61. The molecule has 2 atom stereocenters. The predicted octanol–water partition coefficient (Wildman–Crippen LogP) is 3.90. The molecule has 0 bridgehead atoms. The zero-order chi connectivity index (χ0) is 11.0. The first-order valence-corrected chi connectivity index (χ1v) is 7.58. The highest BCUT2D eigenvalue weighted by atomic mass is 32.1. The first-order chi connectivity index (χ1) is 7.88. The second-order valence-electron chi connectivity index (χ2n) is 5.26. The molecule has 88 valence electrons. The number of hydrogen-bond donors (Lipinski definition) is 1. The van der Waals surface area contributed by atoms with Crippen molar-refractivity contribution in [3.63, 3.8) is 0 Å². The Bertz CT molecular complexity index is 353. The van der Waals surface area contributed by atoms with Crippen LogP contribution in [-0.2, 0) is 6.42 Å². The van der Waals surface area contributed by atoms with Gasteiger partial charge in [0.05, 0.1) is 0 Å². The Labute approximate surface area is 102 Å². The molecule has 1 N–H and O–H groups in total. The molecule has 0 aliphatic heterocycles. The molecule has 1 heterocycles. The summed E-state index contributed by atoms with van der Waals surface area (Å²) in [5, 5.41) is 6.18. The lowest BCUT2D eigenvalue weighted by Gasteiger charge is -2.28. The molecule has 2 aliphatic carbocycles. The minimum absolute atomic E-state index is 0.653. The van der Waals surface area contributed by atoms with E-state index < -0.39 is 0 Å². The van der Waals surface area contributed by atoms with Crippen LogP contribution in [0.1, 0.15) is 55.5 Å². The Morgan fingerprint density at radius 2 is 2.31 bits per heavy atom. The molecule has 2 aliphatic rings. The van der Waals surface area contributed by atoms with Gasteiger partial charge in [0.25, 0.3) is 0 Å². The monoisotopic (exact) mass is 235 g/mol. The van der Waals surface area contributed by atoms with Gasteiger partial charge < -0.3 is 5.32 Å². The highest BCUT2D eigenvalue weighted by Gasteiger charge is 2.32. The lowest BCUT2D eigenvalue weighted by Crippen LogP contribution is -2.35. The van der Waals surface area contributed by atoms with Gasteiger partial charge in [0.2, 0.25) is 0 Å². The number of hydrogen-bond acceptors (Lipinski definition) is 2. The van der Waals surface area contributed by atoms with E-state index in [0.717, 1.165) is 12.0 Å². The second kappa shape index (κ2) is 4.50. The molecular formula is C14H21NS. The van der Waals surface area contributed by atoms with Crippen LogP contribution in [0.25, 0.3) is 0 Å². The summed E-state index contributed by atoms with van der Waals surface area (Å²) in [6.45, 7) is 2.33. The number of aryl methyl sites for hydroxylation is 1. The van der Waals surface area contributed by atoms with Crippen LogP contribution in [0, 0.1) is 5.92 Å². The van der Waals surface area contributed by atoms with Crippen molar-refractivity contribution in [3.05, 3.63) is 21.9 Å². The molecule has 3 rings (SSSR count).